The molecule has 0 aliphatic heterocycles. The summed E-state index contributed by atoms with van der Waals surface area (Å²) >= 11 is 0. The standard InChI is InChI=1S/C23H46O.C22H41F5O.4C2H6/c1-3-5-7-8-9-10-11-12-13-14-15-16-17-18-19-21-23-24-22-20-6-4-2;1-2-3-19-28-20-17-15-13-11-9-7-5-4-6-8-10-12-14-16-18-21(23,24)22(25,26)27;4*1-2/h3H,1,4-23H2,2H3;2-20H2,1H3;4*1-2H3. The number of halogens is 5. The fourth-order valence-corrected chi connectivity index (χ4v) is 6.33. The monoisotopic (exact) mass is 875 g/mol. The molecule has 0 saturated carbocycles. The molecule has 0 rings (SSSR count). The van der Waals surface area contributed by atoms with Crippen LogP contribution in [0.5, 0.6) is 0 Å². The molecule has 0 atom stereocenters. The van der Waals surface area contributed by atoms with E-state index in [9.17, 15) is 22.0 Å². The van der Waals surface area contributed by atoms with Crippen LogP contribution in [0.25, 0.3) is 0 Å². The van der Waals surface area contributed by atoms with E-state index < -0.39 is 18.5 Å². The van der Waals surface area contributed by atoms with Gasteiger partial charge >= 0.3 is 12.1 Å². The third-order valence-electron chi connectivity index (χ3n) is 9.93. The predicted molar refractivity (Wildman–Crippen MR) is 261 cm³/mol. The maximum absolute atomic E-state index is 12.7. The molecule has 0 aromatic carbocycles. The van der Waals surface area contributed by atoms with Gasteiger partial charge < -0.3 is 9.47 Å². The van der Waals surface area contributed by atoms with Crippen LogP contribution in [0.2, 0.25) is 0 Å². The fourth-order valence-electron chi connectivity index (χ4n) is 6.33. The topological polar surface area (TPSA) is 18.5 Å². The van der Waals surface area contributed by atoms with Crippen molar-refractivity contribution in [3.8, 4) is 0 Å². The first-order chi connectivity index (χ1) is 29.2. The molecule has 0 spiro atoms. The highest BCUT2D eigenvalue weighted by molar-refractivity contribution is 4.75. The summed E-state index contributed by atoms with van der Waals surface area (Å²) in [7, 11) is 0. The van der Waals surface area contributed by atoms with E-state index in [4.69, 9.17) is 9.47 Å². The number of allylic oxidation sites excluding steroid dienone is 1. The zero-order valence-electron chi connectivity index (χ0n) is 42.6. The van der Waals surface area contributed by atoms with Crippen LogP contribution < -0.4 is 0 Å². The Kier molecular flexibility index (Phi) is 79.7. The molecular weight excluding hydrogens is 764 g/mol. The summed E-state index contributed by atoms with van der Waals surface area (Å²) in [5, 5.41) is 0. The van der Waals surface area contributed by atoms with Gasteiger partial charge in [-0.25, -0.2) is 0 Å². The summed E-state index contributed by atoms with van der Waals surface area (Å²) in [6.45, 7) is 27.9. The van der Waals surface area contributed by atoms with Gasteiger partial charge in [0.15, 0.2) is 0 Å². The van der Waals surface area contributed by atoms with Crippen LogP contribution in [0.3, 0.4) is 0 Å². The van der Waals surface area contributed by atoms with Gasteiger partial charge in [-0.2, -0.15) is 22.0 Å². The van der Waals surface area contributed by atoms with Crippen LogP contribution >= 0.6 is 0 Å². The predicted octanol–water partition coefficient (Wildman–Crippen LogP) is 21.2. The number of unbranched alkanes of at least 4 members (excludes halogenated alkanes) is 30. The van der Waals surface area contributed by atoms with Gasteiger partial charge in [0, 0.05) is 32.8 Å². The van der Waals surface area contributed by atoms with E-state index in [1.165, 1.54) is 167 Å². The zero-order chi connectivity index (χ0) is 46.7. The normalized spacial score (nSPS) is 10.7. The van der Waals surface area contributed by atoms with Gasteiger partial charge in [-0.05, 0) is 44.9 Å². The number of rotatable bonds is 41. The minimum absolute atomic E-state index is 0.0582. The third-order valence-corrected chi connectivity index (χ3v) is 9.93. The first-order valence-corrected chi connectivity index (χ1v) is 26.4. The highest BCUT2D eigenvalue weighted by Gasteiger charge is 2.56. The molecule has 0 aliphatic carbocycles. The molecule has 0 fully saturated rings. The first-order valence-electron chi connectivity index (χ1n) is 26.4. The molecule has 60 heavy (non-hydrogen) atoms. The molecule has 2 nitrogen and oxygen atoms in total. The van der Waals surface area contributed by atoms with E-state index in [2.05, 4.69) is 20.4 Å². The molecule has 0 N–H and O–H groups in total. The van der Waals surface area contributed by atoms with Gasteiger partial charge in [-0.15, -0.1) is 6.58 Å². The summed E-state index contributed by atoms with van der Waals surface area (Å²) < 4.78 is 72.7. The van der Waals surface area contributed by atoms with E-state index in [1.807, 2.05) is 61.5 Å². The van der Waals surface area contributed by atoms with Gasteiger partial charge in [0.2, 0.25) is 0 Å². The molecule has 0 heterocycles. The summed E-state index contributed by atoms with van der Waals surface area (Å²) in [5.74, 6) is -4.53. The van der Waals surface area contributed by atoms with Crippen LogP contribution in [-0.2, 0) is 9.47 Å². The molecule has 0 saturated heterocycles. The molecule has 370 valence electrons. The van der Waals surface area contributed by atoms with Gasteiger partial charge in [0.1, 0.15) is 0 Å². The lowest BCUT2D eigenvalue weighted by atomic mass is 10.0. The lowest BCUT2D eigenvalue weighted by molar-refractivity contribution is -0.284. The molecule has 0 radical (unpaired) electrons. The Balaban J connectivity index is -0.000000209. The first kappa shape index (κ1) is 71.0. The highest BCUT2D eigenvalue weighted by atomic mass is 19.4. The Morgan fingerprint density at radius 3 is 0.833 bits per heavy atom. The van der Waals surface area contributed by atoms with Gasteiger partial charge in [-0.3, -0.25) is 0 Å². The number of hydrogen-bond acceptors (Lipinski definition) is 2. The zero-order valence-corrected chi connectivity index (χ0v) is 42.6. The summed E-state index contributed by atoms with van der Waals surface area (Å²) in [6.07, 6.45) is 36.9. The Morgan fingerprint density at radius 1 is 0.333 bits per heavy atom. The number of ether oxygens (including phenoxy) is 2. The SMILES string of the molecule is C=CCCCCCCCCCCCCCCCCOCCCCC.CC.CC.CC.CC.CCCCOCCCCCCCCCCCCCCCCC(F)(F)C(F)(F)F. The lowest BCUT2D eigenvalue weighted by Gasteiger charge is -2.19. The average molecular weight is 875 g/mol. The second-order valence-electron chi connectivity index (χ2n) is 15.2. The Morgan fingerprint density at radius 2 is 0.567 bits per heavy atom. The second kappa shape index (κ2) is 67.4. The van der Waals surface area contributed by atoms with Crippen molar-refractivity contribution in [2.24, 2.45) is 0 Å². The Hall–Kier alpha value is -0.690. The number of hydrogen-bond donors (Lipinski definition) is 0. The van der Waals surface area contributed by atoms with Crippen LogP contribution in [0.1, 0.15) is 294 Å². The van der Waals surface area contributed by atoms with Crippen molar-refractivity contribution in [2.75, 3.05) is 26.4 Å². The quantitative estimate of drug-likeness (QED) is 0.0346. The summed E-state index contributed by atoms with van der Waals surface area (Å²) in [6, 6.07) is 0. The highest BCUT2D eigenvalue weighted by Crippen LogP contribution is 2.39. The molecule has 0 unspecified atom stereocenters. The van der Waals surface area contributed by atoms with Crippen molar-refractivity contribution < 1.29 is 31.4 Å². The summed E-state index contributed by atoms with van der Waals surface area (Å²) in [4.78, 5) is 0. The van der Waals surface area contributed by atoms with Gasteiger partial charge in [0.05, 0.1) is 0 Å². The van der Waals surface area contributed by atoms with E-state index in [0.29, 0.717) is 6.42 Å². The molecule has 0 amide bonds. The molecule has 7 heteroatoms. The third kappa shape index (κ3) is 69.0. The maximum atomic E-state index is 12.7. The molecule has 0 bridgehead atoms. The number of alkyl halides is 5. The van der Waals surface area contributed by atoms with Gasteiger partial charge in [-0.1, -0.05) is 249 Å². The molecule has 0 aliphatic rings. The van der Waals surface area contributed by atoms with E-state index >= 15 is 0 Å². The van der Waals surface area contributed by atoms with Crippen molar-refractivity contribution in [1.29, 1.82) is 0 Å². The fraction of sp³-hybridized carbons (Fsp3) is 0.962. The Labute approximate surface area is 375 Å². The minimum atomic E-state index is -5.41. The molecule has 0 aromatic heterocycles. The van der Waals surface area contributed by atoms with E-state index in [0.717, 1.165) is 65.0 Å². The van der Waals surface area contributed by atoms with Crippen LogP contribution in [0, 0.1) is 0 Å². The molecule has 0 aromatic rings. The van der Waals surface area contributed by atoms with Crippen LogP contribution in [0.15, 0.2) is 12.7 Å². The van der Waals surface area contributed by atoms with Crippen molar-refractivity contribution in [2.45, 2.75) is 306 Å². The van der Waals surface area contributed by atoms with Crippen molar-refractivity contribution in [3.63, 3.8) is 0 Å². The minimum Gasteiger partial charge on any atom is -0.381 e. The average Bonchev–Trinajstić information content (AvgIpc) is 3.26. The van der Waals surface area contributed by atoms with Gasteiger partial charge in [0.25, 0.3) is 0 Å². The Bertz CT molecular complexity index is 672. The maximum Gasteiger partial charge on any atom is 0.453 e. The van der Waals surface area contributed by atoms with Crippen LogP contribution in [-0.4, -0.2) is 38.5 Å². The largest absolute Gasteiger partial charge is 0.453 e. The smallest absolute Gasteiger partial charge is 0.381 e. The van der Waals surface area contributed by atoms with Crippen molar-refractivity contribution >= 4 is 0 Å². The van der Waals surface area contributed by atoms with E-state index in [-0.39, 0.29) is 6.42 Å². The van der Waals surface area contributed by atoms with Crippen LogP contribution in [0.4, 0.5) is 22.0 Å². The van der Waals surface area contributed by atoms with Crippen molar-refractivity contribution in [1.82, 2.24) is 0 Å². The lowest BCUT2D eigenvalue weighted by Crippen LogP contribution is -2.36. The molecular formula is C53H111F5O2. The van der Waals surface area contributed by atoms with E-state index in [1.54, 1.807) is 0 Å². The summed E-state index contributed by atoms with van der Waals surface area (Å²) in [5.41, 5.74) is 0. The second-order valence-corrected chi connectivity index (χ2v) is 15.2. The van der Waals surface area contributed by atoms with Crippen molar-refractivity contribution in [3.05, 3.63) is 12.7 Å².